The Hall–Kier alpha value is -3.82. The zero-order valence-electron chi connectivity index (χ0n) is 16.9. The molecular formula is C21H21FN8O. The van der Waals surface area contributed by atoms with Gasteiger partial charge in [0, 0.05) is 31.4 Å². The van der Waals surface area contributed by atoms with E-state index in [1.807, 2.05) is 11.8 Å². The number of hydrogen-bond acceptors (Lipinski definition) is 6. The first kappa shape index (κ1) is 19.2. The summed E-state index contributed by atoms with van der Waals surface area (Å²) in [5.41, 5.74) is 3.16. The number of nitrogens with one attached hydrogen (secondary N) is 2. The summed E-state index contributed by atoms with van der Waals surface area (Å²) in [5, 5.41) is 7.39. The molecule has 158 valence electrons. The van der Waals surface area contributed by atoms with Crippen LogP contribution >= 0.6 is 0 Å². The number of carbonyl (C=O) groups is 1. The molecule has 0 saturated carbocycles. The Balaban J connectivity index is 1.53. The Bertz CT molecular complexity index is 1230. The van der Waals surface area contributed by atoms with Gasteiger partial charge in [0.25, 0.3) is 5.91 Å². The molecule has 0 aromatic carbocycles. The van der Waals surface area contributed by atoms with Crippen LogP contribution in [0.3, 0.4) is 0 Å². The SMILES string of the molecule is CCCNC(=O)c1cnc(N2CCc3[nH]cnc3[C@@H]2c2cc3c(F)cccn3n2)cn1. The van der Waals surface area contributed by atoms with E-state index in [0.29, 0.717) is 30.1 Å². The molecule has 4 aromatic rings. The smallest absolute Gasteiger partial charge is 0.271 e. The molecule has 31 heavy (non-hydrogen) atoms. The van der Waals surface area contributed by atoms with E-state index in [1.165, 1.54) is 16.8 Å². The molecular weight excluding hydrogens is 399 g/mol. The third-order valence-corrected chi connectivity index (χ3v) is 5.37. The molecule has 0 fully saturated rings. The zero-order chi connectivity index (χ0) is 21.4. The minimum absolute atomic E-state index is 0.249. The molecule has 5 rings (SSSR count). The van der Waals surface area contributed by atoms with Crippen LogP contribution < -0.4 is 10.2 Å². The highest BCUT2D eigenvalue weighted by atomic mass is 19.1. The summed E-state index contributed by atoms with van der Waals surface area (Å²) in [4.78, 5) is 30.7. The van der Waals surface area contributed by atoms with E-state index < -0.39 is 0 Å². The average Bonchev–Trinajstić information content (AvgIpc) is 3.44. The average molecular weight is 420 g/mol. The van der Waals surface area contributed by atoms with Gasteiger partial charge in [0.2, 0.25) is 0 Å². The largest absolute Gasteiger partial charge is 0.351 e. The van der Waals surface area contributed by atoms with E-state index in [0.717, 1.165) is 24.2 Å². The molecule has 9 nitrogen and oxygen atoms in total. The summed E-state index contributed by atoms with van der Waals surface area (Å²) in [6, 6.07) is 4.40. The van der Waals surface area contributed by atoms with E-state index in [2.05, 4.69) is 30.4 Å². The number of pyridine rings is 1. The Morgan fingerprint density at radius 1 is 1.32 bits per heavy atom. The number of anilines is 1. The Morgan fingerprint density at radius 3 is 3.00 bits per heavy atom. The maximum atomic E-state index is 14.3. The number of nitrogens with zero attached hydrogens (tertiary/aromatic N) is 6. The van der Waals surface area contributed by atoms with Gasteiger partial charge in [-0.15, -0.1) is 0 Å². The molecule has 10 heteroatoms. The van der Waals surface area contributed by atoms with Crippen molar-refractivity contribution in [1.29, 1.82) is 0 Å². The van der Waals surface area contributed by atoms with E-state index in [1.54, 1.807) is 30.9 Å². The van der Waals surface area contributed by atoms with Gasteiger partial charge >= 0.3 is 0 Å². The molecule has 2 N–H and O–H groups in total. The van der Waals surface area contributed by atoms with Crippen LogP contribution in [-0.2, 0) is 6.42 Å². The van der Waals surface area contributed by atoms with Crippen LogP contribution in [0.4, 0.5) is 10.2 Å². The summed E-state index contributed by atoms with van der Waals surface area (Å²) >= 11 is 0. The summed E-state index contributed by atoms with van der Waals surface area (Å²) < 4.78 is 15.8. The van der Waals surface area contributed by atoms with Crippen LogP contribution in [0.5, 0.6) is 0 Å². The topological polar surface area (TPSA) is 104 Å². The van der Waals surface area contributed by atoms with Gasteiger partial charge in [-0.05, 0) is 24.6 Å². The normalized spacial score (nSPS) is 15.8. The number of rotatable bonds is 5. The van der Waals surface area contributed by atoms with Crippen molar-refractivity contribution < 1.29 is 9.18 Å². The van der Waals surface area contributed by atoms with Crippen LogP contribution in [0.25, 0.3) is 5.52 Å². The number of fused-ring (bicyclic) bond motifs is 2. The van der Waals surface area contributed by atoms with Crippen molar-refractivity contribution in [3.63, 3.8) is 0 Å². The molecule has 1 amide bonds. The van der Waals surface area contributed by atoms with Gasteiger partial charge in [-0.1, -0.05) is 6.92 Å². The Labute approximate surface area is 177 Å². The molecule has 0 aliphatic carbocycles. The van der Waals surface area contributed by atoms with Crippen molar-refractivity contribution in [3.8, 4) is 0 Å². The second-order valence-corrected chi connectivity index (χ2v) is 7.38. The van der Waals surface area contributed by atoms with Gasteiger partial charge in [-0.25, -0.2) is 23.9 Å². The van der Waals surface area contributed by atoms with Crippen LogP contribution in [0.15, 0.2) is 43.1 Å². The molecule has 0 unspecified atom stereocenters. The van der Waals surface area contributed by atoms with Crippen molar-refractivity contribution in [2.45, 2.75) is 25.8 Å². The quantitative estimate of drug-likeness (QED) is 0.513. The highest BCUT2D eigenvalue weighted by molar-refractivity contribution is 5.92. The Kier molecular flexibility index (Phi) is 4.81. The minimum Gasteiger partial charge on any atom is -0.351 e. The maximum absolute atomic E-state index is 14.3. The summed E-state index contributed by atoms with van der Waals surface area (Å²) in [6.07, 6.45) is 8.02. The zero-order valence-corrected chi connectivity index (χ0v) is 16.9. The highest BCUT2D eigenvalue weighted by Gasteiger charge is 2.34. The minimum atomic E-state index is -0.358. The van der Waals surface area contributed by atoms with Gasteiger partial charge in [0.05, 0.1) is 30.1 Å². The van der Waals surface area contributed by atoms with Crippen molar-refractivity contribution >= 4 is 17.2 Å². The standard InChI is InChI=1S/C21H21FN8O/c1-2-6-23-21(31)16-10-25-18(11-24-16)29-8-5-14-19(27-12-26-14)20(29)15-9-17-13(22)4-3-7-30(17)28-15/h3-4,7,9-12,20H,2,5-6,8H2,1H3,(H,23,31)(H,26,27)/t20-/m0/s1. The third kappa shape index (κ3) is 3.39. The molecule has 0 radical (unpaired) electrons. The highest BCUT2D eigenvalue weighted by Crippen LogP contribution is 2.35. The van der Waals surface area contributed by atoms with Crippen LogP contribution in [-0.4, -0.2) is 48.5 Å². The lowest BCUT2D eigenvalue weighted by Crippen LogP contribution is -2.37. The number of halogens is 1. The fourth-order valence-electron chi connectivity index (χ4n) is 3.87. The van der Waals surface area contributed by atoms with Gasteiger partial charge in [0.1, 0.15) is 28.9 Å². The molecule has 0 saturated heterocycles. The number of aromatic amines is 1. The predicted molar refractivity (Wildman–Crippen MR) is 111 cm³/mol. The Morgan fingerprint density at radius 2 is 2.23 bits per heavy atom. The van der Waals surface area contributed by atoms with Crippen molar-refractivity contribution in [2.75, 3.05) is 18.0 Å². The van der Waals surface area contributed by atoms with Crippen molar-refractivity contribution in [3.05, 3.63) is 71.7 Å². The lowest BCUT2D eigenvalue weighted by Gasteiger charge is -2.34. The predicted octanol–water partition coefficient (Wildman–Crippen LogP) is 2.28. The van der Waals surface area contributed by atoms with E-state index in [4.69, 9.17) is 0 Å². The fraction of sp³-hybridized carbons (Fsp3) is 0.286. The van der Waals surface area contributed by atoms with E-state index in [9.17, 15) is 9.18 Å². The second kappa shape index (κ2) is 7.78. The first-order valence-corrected chi connectivity index (χ1v) is 10.2. The molecule has 5 heterocycles. The summed E-state index contributed by atoms with van der Waals surface area (Å²) in [7, 11) is 0. The molecule has 4 aromatic heterocycles. The summed E-state index contributed by atoms with van der Waals surface area (Å²) in [5.74, 6) is 0.0119. The molecule has 0 spiro atoms. The van der Waals surface area contributed by atoms with Gasteiger partial charge in [-0.2, -0.15) is 5.10 Å². The fourth-order valence-corrected chi connectivity index (χ4v) is 3.87. The number of imidazole rings is 1. The van der Waals surface area contributed by atoms with Gasteiger partial charge in [0.15, 0.2) is 0 Å². The number of amides is 1. The molecule has 1 atom stereocenters. The number of aromatic nitrogens is 6. The van der Waals surface area contributed by atoms with Crippen LogP contribution in [0, 0.1) is 5.82 Å². The van der Waals surface area contributed by atoms with Crippen LogP contribution in [0.2, 0.25) is 0 Å². The van der Waals surface area contributed by atoms with Crippen molar-refractivity contribution in [1.82, 2.24) is 34.9 Å². The van der Waals surface area contributed by atoms with Crippen molar-refractivity contribution in [2.24, 2.45) is 0 Å². The third-order valence-electron chi connectivity index (χ3n) is 5.37. The first-order valence-electron chi connectivity index (χ1n) is 10.2. The van der Waals surface area contributed by atoms with E-state index >= 15 is 0 Å². The van der Waals surface area contributed by atoms with Gasteiger partial charge in [-0.3, -0.25) is 4.79 Å². The van der Waals surface area contributed by atoms with Crippen LogP contribution in [0.1, 0.15) is 47.0 Å². The number of H-pyrrole nitrogens is 1. The molecule has 1 aliphatic heterocycles. The second-order valence-electron chi connectivity index (χ2n) is 7.38. The monoisotopic (exact) mass is 420 g/mol. The lowest BCUT2D eigenvalue weighted by molar-refractivity contribution is 0.0948. The number of hydrogen-bond donors (Lipinski definition) is 2. The molecule has 1 aliphatic rings. The summed E-state index contributed by atoms with van der Waals surface area (Å²) in [6.45, 7) is 3.22. The lowest BCUT2D eigenvalue weighted by atomic mass is 10.00. The maximum Gasteiger partial charge on any atom is 0.271 e. The van der Waals surface area contributed by atoms with Gasteiger partial charge < -0.3 is 15.2 Å². The first-order chi connectivity index (χ1) is 15.2. The van der Waals surface area contributed by atoms with E-state index in [-0.39, 0.29) is 23.5 Å². The number of carbonyl (C=O) groups excluding carboxylic acids is 1. The molecule has 0 bridgehead atoms.